The zero-order valence-corrected chi connectivity index (χ0v) is 16.6. The summed E-state index contributed by atoms with van der Waals surface area (Å²) in [4.78, 5) is 28.1. The first-order valence-corrected chi connectivity index (χ1v) is 9.36. The molecule has 2 amide bonds. The van der Waals surface area contributed by atoms with Crippen molar-refractivity contribution in [1.29, 1.82) is 0 Å². The number of nitrogens with one attached hydrogen (secondary N) is 2. The summed E-state index contributed by atoms with van der Waals surface area (Å²) >= 11 is 0. The minimum Gasteiger partial charge on any atom is -0.441 e. The van der Waals surface area contributed by atoms with Gasteiger partial charge in [0.15, 0.2) is 11.7 Å². The first-order chi connectivity index (χ1) is 14.3. The average molecular weight is 413 g/mol. The Bertz CT molecular complexity index is 1060. The molecular weight excluding hydrogens is 392 g/mol. The molecule has 3 rings (SSSR count). The van der Waals surface area contributed by atoms with Crippen LogP contribution >= 0.6 is 0 Å². The number of nitrogens with zero attached hydrogens (tertiary/aromatic N) is 1. The lowest BCUT2D eigenvalue weighted by Crippen LogP contribution is -2.33. The highest BCUT2D eigenvalue weighted by molar-refractivity contribution is 5.95. The summed E-state index contributed by atoms with van der Waals surface area (Å²) in [6.45, 7) is 3.62. The van der Waals surface area contributed by atoms with Gasteiger partial charge in [-0.15, -0.1) is 0 Å². The number of anilines is 1. The topological polar surface area (TPSA) is 84.2 Å². The molecule has 0 radical (unpaired) electrons. The molecule has 0 atom stereocenters. The first-order valence-electron chi connectivity index (χ1n) is 9.36. The summed E-state index contributed by atoms with van der Waals surface area (Å²) in [5.74, 6) is -1.73. The molecule has 0 unspecified atom stereocenters. The lowest BCUT2D eigenvalue weighted by Gasteiger charge is -2.11. The lowest BCUT2D eigenvalue weighted by atomic mass is 10.1. The van der Waals surface area contributed by atoms with Gasteiger partial charge < -0.3 is 15.1 Å². The van der Waals surface area contributed by atoms with Gasteiger partial charge in [-0.25, -0.2) is 13.8 Å². The molecule has 1 heterocycles. The number of benzene rings is 2. The van der Waals surface area contributed by atoms with Gasteiger partial charge in [0.2, 0.25) is 11.8 Å². The lowest BCUT2D eigenvalue weighted by molar-refractivity contribution is -0.124. The number of oxazole rings is 1. The highest BCUT2D eigenvalue weighted by atomic mass is 19.1. The predicted molar refractivity (Wildman–Crippen MR) is 108 cm³/mol. The first kappa shape index (κ1) is 21.2. The second kappa shape index (κ2) is 9.30. The van der Waals surface area contributed by atoms with Gasteiger partial charge in [0, 0.05) is 24.6 Å². The molecule has 0 aliphatic rings. The second-order valence-electron chi connectivity index (χ2n) is 6.83. The molecule has 156 valence electrons. The molecule has 0 saturated heterocycles. The molecule has 8 heteroatoms. The van der Waals surface area contributed by atoms with Crippen molar-refractivity contribution in [3.05, 3.63) is 71.2 Å². The summed E-state index contributed by atoms with van der Waals surface area (Å²) in [7, 11) is 0. The number of carbonyl (C=O) groups is 2. The molecule has 2 N–H and O–H groups in total. The van der Waals surface area contributed by atoms with E-state index in [0.717, 1.165) is 28.9 Å². The van der Waals surface area contributed by atoms with Crippen LogP contribution < -0.4 is 10.6 Å². The van der Waals surface area contributed by atoms with Crippen molar-refractivity contribution in [2.75, 3.05) is 11.9 Å². The van der Waals surface area contributed by atoms with E-state index >= 15 is 0 Å². The molecule has 0 spiro atoms. The van der Waals surface area contributed by atoms with Crippen LogP contribution in [0.3, 0.4) is 0 Å². The Kier molecular flexibility index (Phi) is 6.56. The minimum absolute atomic E-state index is 0.0442. The molecule has 6 nitrogen and oxygen atoms in total. The summed E-state index contributed by atoms with van der Waals surface area (Å²) in [5, 5.41) is 5.34. The van der Waals surface area contributed by atoms with E-state index in [4.69, 9.17) is 4.42 Å². The smallest absolute Gasteiger partial charge is 0.243 e. The van der Waals surface area contributed by atoms with Crippen molar-refractivity contribution >= 4 is 17.5 Å². The van der Waals surface area contributed by atoms with E-state index < -0.39 is 11.6 Å². The van der Waals surface area contributed by atoms with E-state index in [1.807, 2.05) is 32.0 Å². The normalized spacial score (nSPS) is 10.7. The maximum Gasteiger partial charge on any atom is 0.243 e. The van der Waals surface area contributed by atoms with Gasteiger partial charge in [0.05, 0.1) is 18.3 Å². The van der Waals surface area contributed by atoms with Crippen molar-refractivity contribution < 1.29 is 22.8 Å². The van der Waals surface area contributed by atoms with Crippen LogP contribution in [0.15, 0.2) is 47.0 Å². The number of halogens is 2. The van der Waals surface area contributed by atoms with Gasteiger partial charge in [-0.05, 0) is 37.1 Å². The Balaban J connectivity index is 1.48. The molecule has 0 bridgehead atoms. The van der Waals surface area contributed by atoms with Crippen LogP contribution in [0, 0.1) is 25.5 Å². The molecule has 0 saturated carbocycles. The molecular formula is C22H21F2N3O3. The van der Waals surface area contributed by atoms with E-state index in [2.05, 4.69) is 15.6 Å². The largest absolute Gasteiger partial charge is 0.441 e. The Labute approximate surface area is 172 Å². The number of aryl methyl sites for hydroxylation is 3. The van der Waals surface area contributed by atoms with E-state index in [1.54, 1.807) is 0 Å². The molecule has 0 aliphatic heterocycles. The van der Waals surface area contributed by atoms with Gasteiger partial charge >= 0.3 is 0 Å². The minimum atomic E-state index is -0.759. The van der Waals surface area contributed by atoms with E-state index in [-0.39, 0.29) is 48.4 Å². The summed E-state index contributed by atoms with van der Waals surface area (Å²) in [5.41, 5.74) is 2.69. The van der Waals surface area contributed by atoms with Gasteiger partial charge in [0.1, 0.15) is 11.6 Å². The molecule has 1 aromatic heterocycles. The van der Waals surface area contributed by atoms with Crippen LogP contribution in [0.4, 0.5) is 14.5 Å². The SMILES string of the molecule is Cc1cccc(C)c1NC(=O)CNC(=O)CCc1ncc(-c2ccc(F)cc2F)o1. The van der Waals surface area contributed by atoms with Gasteiger partial charge in [0.25, 0.3) is 0 Å². The number of carbonyl (C=O) groups excluding carboxylic acids is 2. The number of aromatic nitrogens is 1. The maximum absolute atomic E-state index is 13.8. The average Bonchev–Trinajstić information content (AvgIpc) is 3.16. The highest BCUT2D eigenvalue weighted by Crippen LogP contribution is 2.24. The third-order valence-electron chi connectivity index (χ3n) is 4.51. The Morgan fingerprint density at radius 3 is 2.50 bits per heavy atom. The van der Waals surface area contributed by atoms with Crippen molar-refractivity contribution in [3.8, 4) is 11.3 Å². The maximum atomic E-state index is 13.8. The van der Waals surface area contributed by atoms with Crippen LogP contribution in [0.2, 0.25) is 0 Å². The van der Waals surface area contributed by atoms with Crippen LogP contribution in [0.5, 0.6) is 0 Å². The number of para-hydroxylation sites is 1. The summed E-state index contributed by atoms with van der Waals surface area (Å²) in [6.07, 6.45) is 1.54. The predicted octanol–water partition coefficient (Wildman–Crippen LogP) is 3.92. The van der Waals surface area contributed by atoms with E-state index in [9.17, 15) is 18.4 Å². The molecule has 3 aromatic rings. The quantitative estimate of drug-likeness (QED) is 0.615. The fraction of sp³-hybridized carbons (Fsp3) is 0.227. The van der Waals surface area contributed by atoms with Crippen LogP contribution in [-0.4, -0.2) is 23.3 Å². The Hall–Kier alpha value is -3.55. The molecule has 0 aliphatic carbocycles. The Morgan fingerprint density at radius 2 is 1.80 bits per heavy atom. The fourth-order valence-corrected chi connectivity index (χ4v) is 2.92. The fourth-order valence-electron chi connectivity index (χ4n) is 2.92. The number of rotatable bonds is 7. The second-order valence-corrected chi connectivity index (χ2v) is 6.83. The molecule has 30 heavy (non-hydrogen) atoms. The standard InChI is InChI=1S/C22H21F2N3O3/c1-13-4-3-5-14(2)22(13)27-20(29)12-25-19(28)8-9-21-26-11-18(30-21)16-7-6-15(23)10-17(16)24/h3-7,10-11H,8-9,12H2,1-2H3,(H,25,28)(H,27,29). The number of hydrogen-bond acceptors (Lipinski definition) is 4. The Morgan fingerprint density at radius 1 is 1.07 bits per heavy atom. The summed E-state index contributed by atoms with van der Waals surface area (Å²) < 4.78 is 32.3. The van der Waals surface area contributed by atoms with Crippen LogP contribution in [0.1, 0.15) is 23.4 Å². The van der Waals surface area contributed by atoms with Crippen LogP contribution in [0.25, 0.3) is 11.3 Å². The third kappa shape index (κ3) is 5.28. The van der Waals surface area contributed by atoms with E-state index in [1.165, 1.54) is 12.3 Å². The van der Waals surface area contributed by atoms with Gasteiger partial charge in [-0.3, -0.25) is 9.59 Å². The van der Waals surface area contributed by atoms with Gasteiger partial charge in [-0.1, -0.05) is 18.2 Å². The number of hydrogen-bond donors (Lipinski definition) is 2. The molecule has 2 aromatic carbocycles. The summed E-state index contributed by atoms with van der Waals surface area (Å²) in [6, 6.07) is 8.83. The van der Waals surface area contributed by atoms with Crippen molar-refractivity contribution in [1.82, 2.24) is 10.3 Å². The van der Waals surface area contributed by atoms with Gasteiger partial charge in [-0.2, -0.15) is 0 Å². The van der Waals surface area contributed by atoms with Crippen LogP contribution in [-0.2, 0) is 16.0 Å². The zero-order chi connectivity index (χ0) is 21.7. The van der Waals surface area contributed by atoms with Crippen molar-refractivity contribution in [3.63, 3.8) is 0 Å². The number of amides is 2. The highest BCUT2D eigenvalue weighted by Gasteiger charge is 2.14. The third-order valence-corrected chi connectivity index (χ3v) is 4.51. The molecule has 0 fully saturated rings. The zero-order valence-electron chi connectivity index (χ0n) is 16.6. The monoisotopic (exact) mass is 413 g/mol. The van der Waals surface area contributed by atoms with Crippen molar-refractivity contribution in [2.45, 2.75) is 26.7 Å². The van der Waals surface area contributed by atoms with Crippen molar-refractivity contribution in [2.24, 2.45) is 0 Å². The van der Waals surface area contributed by atoms with E-state index in [0.29, 0.717) is 0 Å².